The lowest BCUT2D eigenvalue weighted by Crippen LogP contribution is -2.17. The van der Waals surface area contributed by atoms with Gasteiger partial charge in [-0.3, -0.25) is 14.9 Å². The Morgan fingerprint density at radius 3 is 2.52 bits per heavy atom. The van der Waals surface area contributed by atoms with E-state index in [-0.39, 0.29) is 11.5 Å². The van der Waals surface area contributed by atoms with Gasteiger partial charge in [-0.15, -0.1) is 0 Å². The van der Waals surface area contributed by atoms with Crippen LogP contribution < -0.4 is 5.56 Å². The fourth-order valence-corrected chi connectivity index (χ4v) is 2.57. The number of ether oxygens (including phenoxy) is 1. The van der Waals surface area contributed by atoms with Crippen LogP contribution in [0.4, 0.5) is 5.69 Å². The van der Waals surface area contributed by atoms with Gasteiger partial charge in [0.15, 0.2) is 0 Å². The average molecular weight is 363 g/mol. The van der Waals surface area contributed by atoms with E-state index in [1.54, 1.807) is 24.3 Å². The molecule has 3 aromatic rings. The van der Waals surface area contributed by atoms with Crippen LogP contribution in [-0.2, 0) is 4.74 Å². The predicted octanol–water partition coefficient (Wildman–Crippen LogP) is 3.79. The van der Waals surface area contributed by atoms with Crippen molar-refractivity contribution in [2.45, 2.75) is 20.3 Å². The molecule has 0 saturated heterocycles. The molecule has 1 N–H and O–H groups in total. The molecule has 0 unspecified atom stereocenters. The third-order valence-corrected chi connectivity index (χ3v) is 4.01. The maximum absolute atomic E-state index is 12.6. The van der Waals surface area contributed by atoms with E-state index in [0.717, 1.165) is 17.8 Å². The van der Waals surface area contributed by atoms with Gasteiger partial charge in [0, 0.05) is 11.9 Å². The SMILES string of the molecule is CCCOC(=O)c1ccc(N=Cc2c(C)[nH]n(-c3ccccc3)c2=O)cc1. The maximum Gasteiger partial charge on any atom is 0.338 e. The number of para-hydroxylation sites is 1. The molecule has 0 aliphatic heterocycles. The fraction of sp³-hybridized carbons (Fsp3) is 0.190. The molecule has 0 radical (unpaired) electrons. The number of aromatic nitrogens is 2. The summed E-state index contributed by atoms with van der Waals surface area (Å²) in [5.74, 6) is -0.348. The summed E-state index contributed by atoms with van der Waals surface area (Å²) < 4.78 is 6.59. The molecular weight excluding hydrogens is 342 g/mol. The molecule has 1 aromatic heterocycles. The van der Waals surface area contributed by atoms with E-state index in [1.807, 2.05) is 44.2 Å². The Hall–Kier alpha value is -3.41. The number of benzene rings is 2. The second-order valence-electron chi connectivity index (χ2n) is 6.07. The fourth-order valence-electron chi connectivity index (χ4n) is 2.57. The highest BCUT2D eigenvalue weighted by Gasteiger charge is 2.10. The maximum atomic E-state index is 12.6. The first-order chi connectivity index (χ1) is 13.1. The van der Waals surface area contributed by atoms with Gasteiger partial charge < -0.3 is 4.74 Å². The Labute approximate surface area is 157 Å². The van der Waals surface area contributed by atoms with Crippen LogP contribution in [0.25, 0.3) is 5.69 Å². The number of aromatic amines is 1. The van der Waals surface area contributed by atoms with E-state index in [1.165, 1.54) is 10.9 Å². The van der Waals surface area contributed by atoms with Gasteiger partial charge in [-0.2, -0.15) is 0 Å². The number of nitrogens with zero attached hydrogens (tertiary/aromatic N) is 2. The van der Waals surface area contributed by atoms with E-state index < -0.39 is 0 Å². The molecule has 0 bridgehead atoms. The molecule has 27 heavy (non-hydrogen) atoms. The molecule has 0 amide bonds. The number of carbonyl (C=O) groups is 1. The van der Waals surface area contributed by atoms with Gasteiger partial charge in [0.05, 0.1) is 29.1 Å². The number of carbonyl (C=O) groups excluding carboxylic acids is 1. The summed E-state index contributed by atoms with van der Waals surface area (Å²) in [6.45, 7) is 4.17. The Bertz CT molecular complexity index is 999. The Morgan fingerprint density at radius 2 is 1.85 bits per heavy atom. The molecule has 1 heterocycles. The van der Waals surface area contributed by atoms with E-state index in [4.69, 9.17) is 4.74 Å². The lowest BCUT2D eigenvalue weighted by atomic mass is 10.2. The summed E-state index contributed by atoms with van der Waals surface area (Å²) in [7, 11) is 0. The van der Waals surface area contributed by atoms with Crippen LogP contribution in [0, 0.1) is 6.92 Å². The van der Waals surface area contributed by atoms with Gasteiger partial charge in [0.25, 0.3) is 5.56 Å². The molecule has 2 aromatic carbocycles. The van der Waals surface area contributed by atoms with Crippen molar-refractivity contribution in [2.75, 3.05) is 6.61 Å². The number of hydrogen-bond donors (Lipinski definition) is 1. The van der Waals surface area contributed by atoms with Crippen LogP contribution in [-0.4, -0.2) is 28.6 Å². The van der Waals surface area contributed by atoms with Crippen molar-refractivity contribution < 1.29 is 9.53 Å². The van der Waals surface area contributed by atoms with Crippen molar-refractivity contribution in [3.8, 4) is 5.69 Å². The highest BCUT2D eigenvalue weighted by Crippen LogP contribution is 2.14. The van der Waals surface area contributed by atoms with Crippen LogP contribution >= 0.6 is 0 Å². The van der Waals surface area contributed by atoms with E-state index in [0.29, 0.717) is 23.4 Å². The zero-order chi connectivity index (χ0) is 19.2. The second-order valence-corrected chi connectivity index (χ2v) is 6.07. The predicted molar refractivity (Wildman–Crippen MR) is 105 cm³/mol. The number of aryl methyl sites for hydroxylation is 1. The zero-order valence-electron chi connectivity index (χ0n) is 15.3. The molecule has 0 fully saturated rings. The molecule has 0 saturated carbocycles. The van der Waals surface area contributed by atoms with E-state index in [9.17, 15) is 9.59 Å². The number of hydrogen-bond acceptors (Lipinski definition) is 4. The van der Waals surface area contributed by atoms with Gasteiger partial charge in [0.2, 0.25) is 0 Å². The van der Waals surface area contributed by atoms with E-state index in [2.05, 4.69) is 10.1 Å². The second kappa shape index (κ2) is 8.31. The Morgan fingerprint density at radius 1 is 1.15 bits per heavy atom. The van der Waals surface area contributed by atoms with Crippen LogP contribution in [0.2, 0.25) is 0 Å². The monoisotopic (exact) mass is 363 g/mol. The number of aliphatic imine (C=N–C) groups is 1. The minimum atomic E-state index is -0.348. The van der Waals surface area contributed by atoms with Gasteiger partial charge in [-0.05, 0) is 49.7 Å². The molecule has 0 spiro atoms. The van der Waals surface area contributed by atoms with Crippen molar-refractivity contribution in [3.05, 3.63) is 81.8 Å². The zero-order valence-corrected chi connectivity index (χ0v) is 15.3. The first-order valence-electron chi connectivity index (χ1n) is 8.78. The minimum Gasteiger partial charge on any atom is -0.462 e. The smallest absolute Gasteiger partial charge is 0.338 e. The summed E-state index contributed by atoms with van der Waals surface area (Å²) in [6.07, 6.45) is 2.32. The number of nitrogens with one attached hydrogen (secondary N) is 1. The lowest BCUT2D eigenvalue weighted by molar-refractivity contribution is 0.0505. The molecule has 6 nitrogen and oxygen atoms in total. The summed E-state index contributed by atoms with van der Waals surface area (Å²) in [5.41, 5.74) is 2.94. The van der Waals surface area contributed by atoms with Gasteiger partial charge in [0.1, 0.15) is 0 Å². The average Bonchev–Trinajstić information content (AvgIpc) is 2.99. The topological polar surface area (TPSA) is 76.4 Å². The van der Waals surface area contributed by atoms with Crippen LogP contribution in [0.1, 0.15) is 35.0 Å². The Balaban J connectivity index is 1.80. The van der Waals surface area contributed by atoms with E-state index >= 15 is 0 Å². The number of rotatable bonds is 6. The first-order valence-corrected chi connectivity index (χ1v) is 8.78. The Kier molecular flexibility index (Phi) is 5.66. The van der Waals surface area contributed by atoms with Crippen LogP contribution in [0.5, 0.6) is 0 Å². The third-order valence-electron chi connectivity index (χ3n) is 4.01. The van der Waals surface area contributed by atoms with Crippen molar-refractivity contribution in [1.29, 1.82) is 0 Å². The van der Waals surface area contributed by atoms with Crippen molar-refractivity contribution in [1.82, 2.24) is 9.78 Å². The largest absolute Gasteiger partial charge is 0.462 e. The third kappa shape index (κ3) is 4.23. The standard InChI is InChI=1S/C21H21N3O3/c1-3-13-27-21(26)16-9-11-17(12-10-16)22-14-19-15(2)23-24(20(19)25)18-7-5-4-6-8-18/h4-12,14,23H,3,13H2,1-2H3. The molecule has 6 heteroatoms. The van der Waals surface area contributed by atoms with Gasteiger partial charge in [-0.25, -0.2) is 9.48 Å². The van der Waals surface area contributed by atoms with Crippen LogP contribution in [0.15, 0.2) is 64.4 Å². The van der Waals surface area contributed by atoms with Crippen molar-refractivity contribution in [3.63, 3.8) is 0 Å². The number of H-pyrrole nitrogens is 1. The lowest BCUT2D eigenvalue weighted by Gasteiger charge is -2.02. The minimum absolute atomic E-state index is 0.165. The van der Waals surface area contributed by atoms with Gasteiger partial charge in [-0.1, -0.05) is 25.1 Å². The van der Waals surface area contributed by atoms with Gasteiger partial charge >= 0.3 is 5.97 Å². The highest BCUT2D eigenvalue weighted by molar-refractivity contribution is 5.90. The normalized spacial score (nSPS) is 11.0. The summed E-state index contributed by atoms with van der Waals surface area (Å²) in [5, 5.41) is 3.06. The number of esters is 1. The van der Waals surface area contributed by atoms with Crippen molar-refractivity contribution >= 4 is 17.9 Å². The summed E-state index contributed by atoms with van der Waals surface area (Å²) in [6, 6.07) is 16.1. The van der Waals surface area contributed by atoms with Crippen molar-refractivity contribution in [2.24, 2.45) is 4.99 Å². The molecule has 0 aliphatic carbocycles. The quantitative estimate of drug-likeness (QED) is 0.535. The highest BCUT2D eigenvalue weighted by atomic mass is 16.5. The summed E-state index contributed by atoms with van der Waals surface area (Å²) >= 11 is 0. The molecule has 138 valence electrons. The molecule has 3 rings (SSSR count). The summed E-state index contributed by atoms with van der Waals surface area (Å²) in [4.78, 5) is 28.8. The first kappa shape index (κ1) is 18.4. The molecule has 0 aliphatic rings. The molecular formula is C21H21N3O3. The molecule has 0 atom stereocenters. The van der Waals surface area contributed by atoms with Crippen LogP contribution in [0.3, 0.4) is 0 Å².